The second kappa shape index (κ2) is 13.5. The maximum absolute atomic E-state index is 14.2. The first-order valence-corrected chi connectivity index (χ1v) is 15.4. The number of piperidine rings is 1. The molecule has 13 heteroatoms. The Balaban J connectivity index is 1.35. The molecule has 5 aliphatic rings. The Morgan fingerprint density at radius 3 is 2.24 bits per heavy atom. The highest BCUT2D eigenvalue weighted by molar-refractivity contribution is 6.00. The Labute approximate surface area is 245 Å². The fourth-order valence-corrected chi connectivity index (χ4v) is 8.42. The zero-order chi connectivity index (χ0) is 30.3. The molecular weight excluding hydrogens is 552 g/mol. The summed E-state index contributed by atoms with van der Waals surface area (Å²) in [6.45, 7) is -0.185. The van der Waals surface area contributed by atoms with Crippen LogP contribution in [0.3, 0.4) is 0 Å². The minimum absolute atomic E-state index is 0.0248. The van der Waals surface area contributed by atoms with Crippen molar-refractivity contribution in [3.8, 4) is 0 Å². The summed E-state index contributed by atoms with van der Waals surface area (Å²) in [5.41, 5.74) is 5.94. The van der Waals surface area contributed by atoms with Gasteiger partial charge < -0.3 is 55.9 Å². The summed E-state index contributed by atoms with van der Waals surface area (Å²) in [5.74, 6) is -4.14. The summed E-state index contributed by atoms with van der Waals surface area (Å²) in [6.07, 6.45) is -5.54. The lowest BCUT2D eigenvalue weighted by Gasteiger charge is -2.53. The van der Waals surface area contributed by atoms with Crippen molar-refractivity contribution in [3.05, 3.63) is 0 Å². The molecule has 0 aromatic carbocycles. The van der Waals surface area contributed by atoms with Crippen LogP contribution in [0, 0.1) is 41.4 Å². The molecule has 0 bridgehead atoms. The van der Waals surface area contributed by atoms with Gasteiger partial charge in [-0.2, -0.15) is 0 Å². The number of methoxy groups -OCH3 is 1. The van der Waals surface area contributed by atoms with Crippen LogP contribution in [0.5, 0.6) is 0 Å². The molecule has 0 aromatic heterocycles. The number of aliphatic hydroxyl groups excluding tert-OH is 6. The van der Waals surface area contributed by atoms with Crippen LogP contribution in [0.1, 0.15) is 44.9 Å². The quantitative estimate of drug-likeness (QED) is 0.146. The van der Waals surface area contributed by atoms with Gasteiger partial charge in [0.25, 0.3) is 0 Å². The first kappa shape index (κ1) is 32.3. The van der Waals surface area contributed by atoms with E-state index in [1.54, 1.807) is 0 Å². The van der Waals surface area contributed by atoms with Gasteiger partial charge in [-0.05, 0) is 50.5 Å². The third-order valence-electron chi connectivity index (χ3n) is 10.8. The van der Waals surface area contributed by atoms with Crippen molar-refractivity contribution in [2.45, 2.75) is 100 Å². The van der Waals surface area contributed by atoms with E-state index >= 15 is 0 Å². The molecule has 2 saturated heterocycles. The number of hydrogen-bond donors (Lipinski definition) is 8. The van der Waals surface area contributed by atoms with Gasteiger partial charge in [0.2, 0.25) is 0 Å². The standard InChI is InChI=1S/C29H48N2O11/c1-40-17-8-18(41-29-28(39)27(38)25(36)19(11-33)42-29)23-22(15(17)10-32)24(35)14-6-13(7-16(34)21(14)26(23)37)3-2-12-4-5-20(30)31-9-12/h12-23,25,27-29,31-34,36,38-39H,2-11,30H2,1H3/t12?,13?,14?,15?,16?,17?,18?,19-,20?,21?,22?,23?,25-,27+,28-,29+/m1/s1. The molecule has 0 spiro atoms. The van der Waals surface area contributed by atoms with E-state index in [9.17, 15) is 40.2 Å². The number of nitrogens with two attached hydrogens (primary N) is 1. The number of carbonyl (C=O) groups is 2. The van der Waals surface area contributed by atoms with Gasteiger partial charge in [-0.1, -0.05) is 6.42 Å². The number of fused-ring (bicyclic) bond motifs is 2. The van der Waals surface area contributed by atoms with E-state index in [0.717, 1.165) is 32.2 Å². The zero-order valence-corrected chi connectivity index (χ0v) is 24.1. The molecule has 9 N–H and O–H groups in total. The number of Topliss-reactive ketones (excluding diaryl/α,β-unsaturated/α-hetero) is 2. The van der Waals surface area contributed by atoms with Crippen LogP contribution in [-0.4, -0.2) is 124 Å². The van der Waals surface area contributed by atoms with Gasteiger partial charge in [0.05, 0.1) is 42.9 Å². The third-order valence-corrected chi connectivity index (χ3v) is 10.8. The summed E-state index contributed by atoms with van der Waals surface area (Å²) in [5, 5.41) is 65.5. The molecule has 0 aromatic rings. The van der Waals surface area contributed by atoms with Gasteiger partial charge in [0.15, 0.2) is 6.29 Å². The highest BCUT2D eigenvalue weighted by Crippen LogP contribution is 2.51. The van der Waals surface area contributed by atoms with Gasteiger partial charge in [-0.15, -0.1) is 0 Å². The molecule has 16 atom stereocenters. The lowest BCUT2D eigenvalue weighted by atomic mass is 9.52. The van der Waals surface area contributed by atoms with E-state index in [0.29, 0.717) is 18.8 Å². The summed E-state index contributed by atoms with van der Waals surface area (Å²) < 4.78 is 17.3. The largest absolute Gasteiger partial charge is 0.396 e. The molecule has 42 heavy (non-hydrogen) atoms. The van der Waals surface area contributed by atoms with Gasteiger partial charge in [0.1, 0.15) is 36.0 Å². The lowest BCUT2D eigenvalue weighted by molar-refractivity contribution is -0.320. The maximum atomic E-state index is 14.2. The predicted octanol–water partition coefficient (Wildman–Crippen LogP) is -2.35. The fourth-order valence-electron chi connectivity index (χ4n) is 8.42. The highest BCUT2D eigenvalue weighted by Gasteiger charge is 2.62. The summed E-state index contributed by atoms with van der Waals surface area (Å²) in [4.78, 5) is 28.4. The molecule has 0 radical (unpaired) electrons. The van der Waals surface area contributed by atoms with Gasteiger partial charge in [-0.3, -0.25) is 9.59 Å². The number of carbonyl (C=O) groups excluding carboxylic acids is 2. The van der Waals surface area contributed by atoms with Gasteiger partial charge >= 0.3 is 0 Å². The van der Waals surface area contributed by atoms with Crippen LogP contribution in [0.4, 0.5) is 0 Å². The number of ketones is 2. The molecule has 2 aliphatic heterocycles. The Kier molecular flexibility index (Phi) is 10.4. The number of nitrogens with one attached hydrogen (secondary N) is 1. The monoisotopic (exact) mass is 600 g/mol. The second-order valence-corrected chi connectivity index (χ2v) is 13.2. The average molecular weight is 601 g/mol. The molecule has 240 valence electrons. The Bertz CT molecular complexity index is 947. The van der Waals surface area contributed by atoms with Crippen molar-refractivity contribution in [2.24, 2.45) is 47.2 Å². The van der Waals surface area contributed by atoms with Crippen molar-refractivity contribution < 1.29 is 54.4 Å². The molecule has 11 unspecified atom stereocenters. The van der Waals surface area contributed by atoms with E-state index in [1.165, 1.54) is 7.11 Å². The maximum Gasteiger partial charge on any atom is 0.186 e. The van der Waals surface area contributed by atoms with Gasteiger partial charge in [0, 0.05) is 37.9 Å². The zero-order valence-electron chi connectivity index (χ0n) is 24.1. The van der Waals surface area contributed by atoms with E-state index in [1.807, 2.05) is 0 Å². The van der Waals surface area contributed by atoms with Crippen molar-refractivity contribution in [3.63, 3.8) is 0 Å². The van der Waals surface area contributed by atoms with E-state index < -0.39 is 85.2 Å². The topological polar surface area (TPSA) is 221 Å². The normalized spacial score (nSPS) is 49.8. The number of hydrogen-bond acceptors (Lipinski definition) is 13. The van der Waals surface area contributed by atoms with Crippen LogP contribution in [-0.2, 0) is 23.8 Å². The first-order valence-electron chi connectivity index (χ1n) is 15.4. The number of aliphatic hydroxyl groups is 6. The summed E-state index contributed by atoms with van der Waals surface area (Å²) >= 11 is 0. The minimum atomic E-state index is -1.68. The minimum Gasteiger partial charge on any atom is -0.396 e. The first-order chi connectivity index (χ1) is 20.1. The highest BCUT2D eigenvalue weighted by atomic mass is 16.7. The molecule has 2 heterocycles. The average Bonchev–Trinajstić information content (AvgIpc) is 2.98. The third kappa shape index (κ3) is 6.08. The Morgan fingerprint density at radius 1 is 0.857 bits per heavy atom. The van der Waals surface area contributed by atoms with Crippen molar-refractivity contribution >= 4 is 11.6 Å². The molecule has 3 saturated carbocycles. The van der Waals surface area contributed by atoms with Crippen molar-refractivity contribution in [1.29, 1.82) is 0 Å². The van der Waals surface area contributed by atoms with Crippen LogP contribution < -0.4 is 11.1 Å². The fraction of sp³-hybridized carbons (Fsp3) is 0.931. The molecule has 5 rings (SSSR count). The van der Waals surface area contributed by atoms with Crippen molar-refractivity contribution in [1.82, 2.24) is 5.32 Å². The Hall–Kier alpha value is -1.10. The van der Waals surface area contributed by atoms with E-state index in [4.69, 9.17) is 19.9 Å². The van der Waals surface area contributed by atoms with E-state index in [-0.39, 0.29) is 36.7 Å². The second-order valence-electron chi connectivity index (χ2n) is 13.2. The van der Waals surface area contributed by atoms with Crippen LogP contribution in [0.15, 0.2) is 0 Å². The number of ether oxygens (including phenoxy) is 3. The van der Waals surface area contributed by atoms with Crippen LogP contribution in [0.25, 0.3) is 0 Å². The van der Waals surface area contributed by atoms with Crippen LogP contribution >= 0.6 is 0 Å². The Morgan fingerprint density at radius 2 is 1.60 bits per heavy atom. The molecular formula is C29H48N2O11. The molecule has 3 aliphatic carbocycles. The smallest absolute Gasteiger partial charge is 0.186 e. The summed E-state index contributed by atoms with van der Waals surface area (Å²) in [6, 6.07) is 0. The predicted molar refractivity (Wildman–Crippen MR) is 145 cm³/mol. The summed E-state index contributed by atoms with van der Waals surface area (Å²) in [7, 11) is 1.45. The van der Waals surface area contributed by atoms with Crippen LogP contribution in [0.2, 0.25) is 0 Å². The lowest BCUT2D eigenvalue weighted by Crippen LogP contribution is -2.65. The van der Waals surface area contributed by atoms with Gasteiger partial charge in [-0.25, -0.2) is 0 Å². The molecule has 0 amide bonds. The molecule has 5 fully saturated rings. The molecule has 13 nitrogen and oxygen atoms in total. The van der Waals surface area contributed by atoms with E-state index in [2.05, 4.69) is 5.32 Å². The van der Waals surface area contributed by atoms with Crippen molar-refractivity contribution in [2.75, 3.05) is 26.9 Å². The SMILES string of the molecule is COC1CC(O[C@H]2O[C@H](CO)[C@@H](O)[C@H](O)[C@H]2O)C2C(=O)C3C(O)CC(CCC4CCC(N)NC4)CC3C(=O)C2C1CO. The number of rotatable bonds is 8.